The summed E-state index contributed by atoms with van der Waals surface area (Å²) in [7, 11) is 0. The zero-order valence-electron chi connectivity index (χ0n) is 6.23. The molecular weight excluding hydrogens is 160 g/mol. The molecule has 0 atom stereocenters. The average molecular weight is 172 g/mol. The molecule has 62 valence electrons. The van der Waals surface area contributed by atoms with Gasteiger partial charge in [0.2, 0.25) is 0 Å². The minimum Gasteiger partial charge on any atom is -0.367 e. The van der Waals surface area contributed by atoms with Gasteiger partial charge in [-0.1, -0.05) is 18.2 Å². The van der Waals surface area contributed by atoms with Gasteiger partial charge in [-0.2, -0.15) is 0 Å². The van der Waals surface area contributed by atoms with Crippen molar-refractivity contribution in [3.05, 3.63) is 23.1 Å². The summed E-state index contributed by atoms with van der Waals surface area (Å²) in [5.74, 6) is 0.375. The second-order valence-corrected chi connectivity index (χ2v) is 3.54. The van der Waals surface area contributed by atoms with E-state index in [1.54, 1.807) is 0 Å². The summed E-state index contributed by atoms with van der Waals surface area (Å²) in [5, 5.41) is 17.1. The standard InChI is InChI=1S/C8H12O2S/c9-8(10)6-11-7-4-2-1-3-5-7/h1-2,4,8-10H,3,5-6H2. The van der Waals surface area contributed by atoms with Crippen molar-refractivity contribution in [1.29, 1.82) is 0 Å². The molecular formula is C8H12O2S. The Morgan fingerprint density at radius 1 is 1.55 bits per heavy atom. The van der Waals surface area contributed by atoms with E-state index in [1.165, 1.54) is 16.7 Å². The van der Waals surface area contributed by atoms with Crippen LogP contribution in [-0.2, 0) is 0 Å². The van der Waals surface area contributed by atoms with E-state index in [0.717, 1.165) is 12.8 Å². The van der Waals surface area contributed by atoms with Crippen molar-refractivity contribution in [3.63, 3.8) is 0 Å². The maximum Gasteiger partial charge on any atom is 0.160 e. The first kappa shape index (κ1) is 8.84. The highest BCUT2D eigenvalue weighted by Gasteiger charge is 2.02. The predicted molar refractivity (Wildman–Crippen MR) is 47.1 cm³/mol. The molecule has 0 saturated carbocycles. The van der Waals surface area contributed by atoms with Gasteiger partial charge in [-0.15, -0.1) is 11.8 Å². The summed E-state index contributed by atoms with van der Waals surface area (Å²) in [5.41, 5.74) is 0. The average Bonchev–Trinajstić information content (AvgIpc) is 2.03. The van der Waals surface area contributed by atoms with Crippen molar-refractivity contribution >= 4 is 11.8 Å². The van der Waals surface area contributed by atoms with Gasteiger partial charge in [-0.05, 0) is 17.7 Å². The van der Waals surface area contributed by atoms with Crippen LogP contribution in [0.25, 0.3) is 0 Å². The fourth-order valence-corrected chi connectivity index (χ4v) is 1.68. The third-order valence-electron chi connectivity index (χ3n) is 1.39. The highest BCUT2D eigenvalue weighted by molar-refractivity contribution is 8.03. The van der Waals surface area contributed by atoms with Crippen LogP contribution in [0.3, 0.4) is 0 Å². The minimum atomic E-state index is -1.19. The molecule has 0 amide bonds. The third kappa shape index (κ3) is 3.60. The minimum absolute atomic E-state index is 0.375. The van der Waals surface area contributed by atoms with Gasteiger partial charge in [-0.25, -0.2) is 0 Å². The first-order valence-corrected chi connectivity index (χ1v) is 4.62. The molecule has 0 aromatic rings. The van der Waals surface area contributed by atoms with Crippen molar-refractivity contribution in [2.75, 3.05) is 5.75 Å². The van der Waals surface area contributed by atoms with E-state index in [9.17, 15) is 0 Å². The first-order chi connectivity index (χ1) is 5.29. The molecule has 0 spiro atoms. The van der Waals surface area contributed by atoms with E-state index in [1.807, 2.05) is 12.2 Å². The molecule has 0 fully saturated rings. The molecule has 3 heteroatoms. The highest BCUT2D eigenvalue weighted by atomic mass is 32.2. The molecule has 0 heterocycles. The first-order valence-electron chi connectivity index (χ1n) is 3.63. The number of aliphatic hydroxyl groups excluding tert-OH is 1. The summed E-state index contributed by atoms with van der Waals surface area (Å²) in [6, 6.07) is 0. The maximum atomic E-state index is 8.57. The summed E-state index contributed by atoms with van der Waals surface area (Å²) >= 11 is 1.52. The number of aliphatic hydroxyl groups is 2. The molecule has 0 radical (unpaired) electrons. The highest BCUT2D eigenvalue weighted by Crippen LogP contribution is 2.24. The van der Waals surface area contributed by atoms with Crippen LogP contribution in [0.5, 0.6) is 0 Å². The van der Waals surface area contributed by atoms with Crippen molar-refractivity contribution in [2.45, 2.75) is 19.1 Å². The molecule has 0 unspecified atom stereocenters. The summed E-state index contributed by atoms with van der Waals surface area (Å²) in [4.78, 5) is 1.24. The Morgan fingerprint density at radius 3 is 2.91 bits per heavy atom. The van der Waals surface area contributed by atoms with Crippen LogP contribution in [0.2, 0.25) is 0 Å². The number of hydrogen-bond acceptors (Lipinski definition) is 3. The topological polar surface area (TPSA) is 40.5 Å². The van der Waals surface area contributed by atoms with Crippen LogP contribution in [0, 0.1) is 0 Å². The Kier molecular flexibility index (Phi) is 3.69. The summed E-state index contributed by atoms with van der Waals surface area (Å²) in [6.07, 6.45) is 7.06. The van der Waals surface area contributed by atoms with E-state index < -0.39 is 6.29 Å². The Balaban J connectivity index is 2.25. The third-order valence-corrected chi connectivity index (χ3v) is 2.57. The number of hydrogen-bond donors (Lipinski definition) is 2. The van der Waals surface area contributed by atoms with Gasteiger partial charge >= 0.3 is 0 Å². The van der Waals surface area contributed by atoms with Crippen molar-refractivity contribution in [1.82, 2.24) is 0 Å². The van der Waals surface area contributed by atoms with Crippen molar-refractivity contribution < 1.29 is 10.2 Å². The number of thioether (sulfide) groups is 1. The molecule has 2 N–H and O–H groups in total. The molecule has 1 rings (SSSR count). The quantitative estimate of drug-likeness (QED) is 0.630. The Morgan fingerprint density at radius 2 is 2.36 bits per heavy atom. The van der Waals surface area contributed by atoms with Crippen LogP contribution in [0.1, 0.15) is 12.8 Å². The second kappa shape index (κ2) is 4.59. The Labute approximate surface area is 70.6 Å². The van der Waals surface area contributed by atoms with Gasteiger partial charge < -0.3 is 10.2 Å². The zero-order valence-corrected chi connectivity index (χ0v) is 7.05. The zero-order chi connectivity index (χ0) is 8.10. The van der Waals surface area contributed by atoms with Gasteiger partial charge in [0.15, 0.2) is 6.29 Å². The van der Waals surface area contributed by atoms with E-state index in [-0.39, 0.29) is 0 Å². The molecule has 1 aliphatic rings. The van der Waals surface area contributed by atoms with E-state index in [4.69, 9.17) is 10.2 Å². The molecule has 0 bridgehead atoms. The fourth-order valence-electron chi connectivity index (χ4n) is 0.882. The summed E-state index contributed by atoms with van der Waals surface area (Å²) < 4.78 is 0. The van der Waals surface area contributed by atoms with Crippen LogP contribution in [-0.4, -0.2) is 22.3 Å². The SMILES string of the molecule is OC(O)CSC1=CC=CCC1. The molecule has 2 nitrogen and oxygen atoms in total. The Bertz CT molecular complexity index is 173. The lowest BCUT2D eigenvalue weighted by molar-refractivity contribution is -0.0185. The maximum absolute atomic E-state index is 8.57. The molecule has 1 aliphatic carbocycles. The number of rotatable bonds is 3. The Hall–Kier alpha value is -0.250. The van der Waals surface area contributed by atoms with Crippen LogP contribution >= 0.6 is 11.8 Å². The predicted octanol–water partition coefficient (Wildman–Crippen LogP) is 1.26. The number of allylic oxidation sites excluding steroid dienone is 4. The lowest BCUT2D eigenvalue weighted by Gasteiger charge is -2.08. The van der Waals surface area contributed by atoms with Crippen molar-refractivity contribution in [2.24, 2.45) is 0 Å². The van der Waals surface area contributed by atoms with Gasteiger partial charge in [0.25, 0.3) is 0 Å². The molecule has 0 aromatic heterocycles. The lowest BCUT2D eigenvalue weighted by atomic mass is 10.2. The van der Waals surface area contributed by atoms with E-state index in [0.29, 0.717) is 5.75 Å². The normalized spacial score (nSPS) is 17.2. The van der Waals surface area contributed by atoms with Crippen molar-refractivity contribution in [3.8, 4) is 0 Å². The summed E-state index contributed by atoms with van der Waals surface area (Å²) in [6.45, 7) is 0. The van der Waals surface area contributed by atoms with Crippen LogP contribution < -0.4 is 0 Å². The van der Waals surface area contributed by atoms with Gasteiger partial charge in [-0.3, -0.25) is 0 Å². The fraction of sp³-hybridized carbons (Fsp3) is 0.500. The van der Waals surface area contributed by atoms with Gasteiger partial charge in [0, 0.05) is 5.75 Å². The monoisotopic (exact) mass is 172 g/mol. The molecule has 0 saturated heterocycles. The lowest BCUT2D eigenvalue weighted by Crippen LogP contribution is -2.07. The second-order valence-electron chi connectivity index (χ2n) is 2.39. The molecule has 0 aliphatic heterocycles. The van der Waals surface area contributed by atoms with E-state index in [2.05, 4.69) is 6.08 Å². The van der Waals surface area contributed by atoms with Gasteiger partial charge in [0.05, 0.1) is 0 Å². The largest absolute Gasteiger partial charge is 0.367 e. The smallest absolute Gasteiger partial charge is 0.160 e. The molecule has 0 aromatic carbocycles. The van der Waals surface area contributed by atoms with Crippen LogP contribution in [0.4, 0.5) is 0 Å². The van der Waals surface area contributed by atoms with E-state index >= 15 is 0 Å². The van der Waals surface area contributed by atoms with Gasteiger partial charge in [0.1, 0.15) is 0 Å². The van der Waals surface area contributed by atoms with Crippen LogP contribution in [0.15, 0.2) is 23.1 Å². The molecule has 11 heavy (non-hydrogen) atoms.